The number of carbonyl (C=O) groups excluding carboxylic acids is 1. The molecule has 0 spiro atoms. The molecular formula is C10H8BrNO2S. The molecule has 2 rings (SSSR count). The fraction of sp³-hybridized carbons (Fsp3) is 0.100. The van der Waals surface area contributed by atoms with Crippen LogP contribution in [0.2, 0.25) is 0 Å². The lowest BCUT2D eigenvalue weighted by Gasteiger charge is -1.99. The zero-order valence-corrected chi connectivity index (χ0v) is 10.3. The highest BCUT2D eigenvalue weighted by molar-refractivity contribution is 9.10. The first-order valence-corrected chi connectivity index (χ1v) is 5.81. The first-order chi connectivity index (χ1) is 7.15. The number of hydrogen-bond acceptors (Lipinski definition) is 3. The number of methoxy groups -OCH3 is 1. The third-order valence-corrected chi connectivity index (χ3v) is 4.38. The van der Waals surface area contributed by atoms with Gasteiger partial charge in [-0.3, -0.25) is 4.79 Å². The number of benzene rings is 1. The fourth-order valence-corrected chi connectivity index (χ4v) is 3.32. The Morgan fingerprint density at radius 3 is 2.87 bits per heavy atom. The van der Waals surface area contributed by atoms with Gasteiger partial charge < -0.3 is 10.5 Å². The predicted molar refractivity (Wildman–Crippen MR) is 64.6 cm³/mol. The molecule has 2 N–H and O–H groups in total. The summed E-state index contributed by atoms with van der Waals surface area (Å²) in [6, 6.07) is 5.66. The van der Waals surface area contributed by atoms with Crippen molar-refractivity contribution in [2.24, 2.45) is 5.73 Å². The quantitative estimate of drug-likeness (QED) is 0.923. The van der Waals surface area contributed by atoms with Crippen molar-refractivity contribution in [2.75, 3.05) is 7.11 Å². The van der Waals surface area contributed by atoms with Gasteiger partial charge in [0.05, 0.1) is 11.8 Å². The van der Waals surface area contributed by atoms with Crippen molar-refractivity contribution in [3.63, 3.8) is 0 Å². The van der Waals surface area contributed by atoms with Crippen molar-refractivity contribution in [3.05, 3.63) is 27.5 Å². The molecule has 2 aromatic rings. The van der Waals surface area contributed by atoms with Gasteiger partial charge in [0.15, 0.2) is 0 Å². The van der Waals surface area contributed by atoms with Crippen molar-refractivity contribution in [2.45, 2.75) is 0 Å². The molecule has 1 heterocycles. The van der Waals surface area contributed by atoms with E-state index >= 15 is 0 Å². The highest BCUT2D eigenvalue weighted by atomic mass is 79.9. The Hall–Kier alpha value is -1.07. The second-order valence-electron chi connectivity index (χ2n) is 2.95. The summed E-state index contributed by atoms with van der Waals surface area (Å²) in [5.41, 5.74) is 5.27. The van der Waals surface area contributed by atoms with Crippen molar-refractivity contribution in [3.8, 4) is 5.75 Å². The Bertz CT molecular complexity index is 535. The first kappa shape index (κ1) is 10.4. The summed E-state index contributed by atoms with van der Waals surface area (Å²) in [6.07, 6.45) is 0. The van der Waals surface area contributed by atoms with Gasteiger partial charge in [-0.1, -0.05) is 12.1 Å². The predicted octanol–water partition coefficient (Wildman–Crippen LogP) is 2.77. The van der Waals surface area contributed by atoms with Crippen LogP contribution in [0.3, 0.4) is 0 Å². The van der Waals surface area contributed by atoms with Gasteiger partial charge in [-0.2, -0.15) is 0 Å². The minimum absolute atomic E-state index is 0.426. The molecule has 0 aliphatic carbocycles. The molecule has 0 aliphatic heterocycles. The maximum absolute atomic E-state index is 11.2. The molecule has 3 nitrogen and oxygen atoms in total. The standard InChI is InChI=1S/C10H8BrNO2S/c1-14-6-4-2-3-5-7(11)9(10(12)13)15-8(5)6/h2-4H,1H3,(H2,12,13). The van der Waals surface area contributed by atoms with Gasteiger partial charge in [0.25, 0.3) is 5.91 Å². The van der Waals surface area contributed by atoms with E-state index in [1.807, 2.05) is 18.2 Å². The molecular weight excluding hydrogens is 278 g/mol. The van der Waals surface area contributed by atoms with Gasteiger partial charge in [-0.05, 0) is 22.0 Å². The molecule has 0 aliphatic rings. The Morgan fingerprint density at radius 1 is 1.53 bits per heavy atom. The topological polar surface area (TPSA) is 52.3 Å². The van der Waals surface area contributed by atoms with Crippen molar-refractivity contribution in [1.82, 2.24) is 0 Å². The minimum atomic E-state index is -0.426. The van der Waals surface area contributed by atoms with Crippen LogP contribution >= 0.6 is 27.3 Å². The molecule has 0 unspecified atom stereocenters. The van der Waals surface area contributed by atoms with E-state index in [1.54, 1.807) is 7.11 Å². The summed E-state index contributed by atoms with van der Waals surface area (Å²) in [5, 5.41) is 0.952. The first-order valence-electron chi connectivity index (χ1n) is 4.20. The largest absolute Gasteiger partial charge is 0.495 e. The monoisotopic (exact) mass is 285 g/mol. The Morgan fingerprint density at radius 2 is 2.27 bits per heavy atom. The molecule has 5 heteroatoms. The number of halogens is 1. The van der Waals surface area contributed by atoms with Gasteiger partial charge >= 0.3 is 0 Å². The van der Waals surface area contributed by atoms with Crippen LogP contribution in [0.15, 0.2) is 22.7 Å². The lowest BCUT2D eigenvalue weighted by atomic mass is 10.2. The molecule has 0 saturated carbocycles. The Kier molecular flexibility index (Phi) is 2.67. The van der Waals surface area contributed by atoms with Crippen LogP contribution in [0.1, 0.15) is 9.67 Å². The number of fused-ring (bicyclic) bond motifs is 1. The van der Waals surface area contributed by atoms with Crippen LogP contribution in [0.25, 0.3) is 10.1 Å². The molecule has 1 aromatic heterocycles. The van der Waals surface area contributed by atoms with Crippen LogP contribution in [-0.4, -0.2) is 13.0 Å². The molecule has 1 aromatic carbocycles. The van der Waals surface area contributed by atoms with Gasteiger partial charge in [-0.25, -0.2) is 0 Å². The van der Waals surface area contributed by atoms with Gasteiger partial charge in [0, 0.05) is 9.86 Å². The van der Waals surface area contributed by atoms with E-state index in [9.17, 15) is 4.79 Å². The lowest BCUT2D eigenvalue weighted by Crippen LogP contribution is -2.08. The smallest absolute Gasteiger partial charge is 0.259 e. The van der Waals surface area contributed by atoms with E-state index in [4.69, 9.17) is 10.5 Å². The summed E-state index contributed by atoms with van der Waals surface area (Å²) in [7, 11) is 1.60. The third kappa shape index (κ3) is 1.61. The van der Waals surface area contributed by atoms with E-state index in [2.05, 4.69) is 15.9 Å². The molecule has 78 valence electrons. The van der Waals surface area contributed by atoms with Crippen LogP contribution in [0, 0.1) is 0 Å². The van der Waals surface area contributed by atoms with Crippen LogP contribution < -0.4 is 10.5 Å². The van der Waals surface area contributed by atoms with Crippen molar-refractivity contribution < 1.29 is 9.53 Å². The molecule has 15 heavy (non-hydrogen) atoms. The SMILES string of the molecule is COc1cccc2c(Br)c(C(N)=O)sc12. The summed E-state index contributed by atoms with van der Waals surface area (Å²) in [5.74, 6) is 0.329. The number of ether oxygens (including phenoxy) is 1. The maximum Gasteiger partial charge on any atom is 0.259 e. The summed E-state index contributed by atoms with van der Waals surface area (Å²) >= 11 is 4.71. The molecule has 0 atom stereocenters. The van der Waals surface area contributed by atoms with Crippen LogP contribution in [0.5, 0.6) is 5.75 Å². The van der Waals surface area contributed by atoms with Gasteiger partial charge in [0.1, 0.15) is 10.6 Å². The molecule has 0 fully saturated rings. The van der Waals surface area contributed by atoms with Crippen LogP contribution in [0.4, 0.5) is 0 Å². The maximum atomic E-state index is 11.2. The number of amides is 1. The Labute approximate surface area is 99.0 Å². The molecule has 0 radical (unpaired) electrons. The lowest BCUT2D eigenvalue weighted by molar-refractivity contribution is 0.100. The zero-order chi connectivity index (χ0) is 11.0. The number of rotatable bonds is 2. The van der Waals surface area contributed by atoms with E-state index < -0.39 is 5.91 Å². The summed E-state index contributed by atoms with van der Waals surface area (Å²) in [4.78, 5) is 11.7. The summed E-state index contributed by atoms with van der Waals surface area (Å²) in [6.45, 7) is 0. The normalized spacial score (nSPS) is 10.5. The van der Waals surface area contributed by atoms with E-state index in [0.717, 1.165) is 20.3 Å². The zero-order valence-electron chi connectivity index (χ0n) is 7.91. The Balaban J connectivity index is 2.81. The number of nitrogens with two attached hydrogens (primary N) is 1. The number of hydrogen-bond donors (Lipinski definition) is 1. The highest BCUT2D eigenvalue weighted by Crippen LogP contribution is 2.40. The molecule has 1 amide bonds. The molecule has 0 bridgehead atoms. The van der Waals surface area contributed by atoms with Crippen molar-refractivity contribution in [1.29, 1.82) is 0 Å². The van der Waals surface area contributed by atoms with E-state index in [0.29, 0.717) is 4.88 Å². The highest BCUT2D eigenvalue weighted by Gasteiger charge is 2.16. The average molecular weight is 286 g/mol. The third-order valence-electron chi connectivity index (χ3n) is 2.06. The number of primary amides is 1. The molecule has 0 saturated heterocycles. The van der Waals surface area contributed by atoms with E-state index in [1.165, 1.54) is 11.3 Å². The van der Waals surface area contributed by atoms with Gasteiger partial charge in [0.2, 0.25) is 0 Å². The average Bonchev–Trinajstić information content (AvgIpc) is 2.56. The fourth-order valence-electron chi connectivity index (χ4n) is 1.38. The van der Waals surface area contributed by atoms with Crippen molar-refractivity contribution >= 4 is 43.3 Å². The second kappa shape index (κ2) is 3.83. The van der Waals surface area contributed by atoms with Crippen LogP contribution in [-0.2, 0) is 0 Å². The minimum Gasteiger partial charge on any atom is -0.495 e. The van der Waals surface area contributed by atoms with Gasteiger partial charge in [-0.15, -0.1) is 11.3 Å². The summed E-state index contributed by atoms with van der Waals surface area (Å²) < 4.78 is 6.89. The number of thiophene rings is 1. The second-order valence-corrected chi connectivity index (χ2v) is 4.76. The number of carbonyl (C=O) groups is 1. The van der Waals surface area contributed by atoms with E-state index in [-0.39, 0.29) is 0 Å².